The molecular weight excluding hydrogens is 695 g/mol. The summed E-state index contributed by atoms with van der Waals surface area (Å²) in [5, 5.41) is 4.55. The van der Waals surface area contributed by atoms with Crippen molar-refractivity contribution in [3.63, 3.8) is 0 Å². The average Bonchev–Trinajstić information content (AvgIpc) is 3.89. The molecule has 0 spiro atoms. The van der Waals surface area contributed by atoms with Gasteiger partial charge < -0.3 is 13.9 Å². The van der Waals surface area contributed by atoms with Gasteiger partial charge in [-0.2, -0.15) is 0 Å². The third-order valence-electron chi connectivity index (χ3n) is 11.0. The van der Waals surface area contributed by atoms with Gasteiger partial charge in [0, 0.05) is 44.5 Å². The maximum absolute atomic E-state index is 6.66. The number of para-hydroxylation sites is 2. The Labute approximate surface area is 330 Å². The molecule has 0 aliphatic carbocycles. The van der Waals surface area contributed by atoms with Crippen molar-refractivity contribution in [1.82, 2.24) is 9.55 Å². The van der Waals surface area contributed by atoms with E-state index in [0.717, 1.165) is 61.2 Å². The van der Waals surface area contributed by atoms with Crippen molar-refractivity contribution in [3.05, 3.63) is 212 Å². The van der Waals surface area contributed by atoms with Gasteiger partial charge >= 0.3 is 0 Å². The van der Waals surface area contributed by atoms with Crippen molar-refractivity contribution < 1.29 is 4.42 Å². The second kappa shape index (κ2) is 13.6. The third-order valence-corrected chi connectivity index (χ3v) is 11.0. The summed E-state index contributed by atoms with van der Waals surface area (Å²) in [6.07, 6.45) is 0. The number of nitrogens with zero attached hydrogens (tertiary/aromatic N) is 3. The number of anilines is 3. The predicted molar refractivity (Wildman–Crippen MR) is 237 cm³/mol. The molecule has 4 nitrogen and oxygen atoms in total. The van der Waals surface area contributed by atoms with Crippen LogP contribution in [0.4, 0.5) is 17.1 Å². The molecule has 0 amide bonds. The van der Waals surface area contributed by atoms with E-state index < -0.39 is 0 Å². The molecule has 11 aromatic rings. The number of hydrogen-bond donors (Lipinski definition) is 0. The van der Waals surface area contributed by atoms with Crippen LogP contribution in [0.2, 0.25) is 0 Å². The molecule has 0 fully saturated rings. The van der Waals surface area contributed by atoms with Crippen molar-refractivity contribution >= 4 is 60.7 Å². The van der Waals surface area contributed by atoms with E-state index in [1.807, 2.05) is 18.2 Å². The lowest BCUT2D eigenvalue weighted by atomic mass is 9.93. The fourth-order valence-electron chi connectivity index (χ4n) is 8.44. The normalized spacial score (nSPS) is 11.5. The molecule has 0 unspecified atom stereocenters. The highest BCUT2D eigenvalue weighted by Crippen LogP contribution is 2.45. The van der Waals surface area contributed by atoms with Gasteiger partial charge in [0.05, 0.1) is 11.0 Å². The zero-order valence-corrected chi connectivity index (χ0v) is 31.0. The first-order chi connectivity index (χ1) is 28.3. The molecular formula is C53H35N3O. The zero-order valence-electron chi connectivity index (χ0n) is 31.0. The number of rotatable bonds is 7. The molecule has 9 aromatic carbocycles. The van der Waals surface area contributed by atoms with E-state index >= 15 is 0 Å². The van der Waals surface area contributed by atoms with Gasteiger partial charge in [0.1, 0.15) is 5.52 Å². The van der Waals surface area contributed by atoms with Crippen molar-refractivity contribution in [1.29, 1.82) is 0 Å². The fourth-order valence-corrected chi connectivity index (χ4v) is 8.44. The quantitative estimate of drug-likeness (QED) is 0.164. The lowest BCUT2D eigenvalue weighted by Crippen LogP contribution is -2.10. The van der Waals surface area contributed by atoms with Gasteiger partial charge in [-0.05, 0) is 94.4 Å². The number of hydrogen-bond acceptors (Lipinski definition) is 3. The van der Waals surface area contributed by atoms with E-state index in [-0.39, 0.29) is 0 Å². The van der Waals surface area contributed by atoms with E-state index in [0.29, 0.717) is 5.89 Å². The van der Waals surface area contributed by atoms with E-state index in [9.17, 15) is 0 Å². The number of fused-ring (bicyclic) bond motifs is 8. The molecule has 2 heterocycles. The van der Waals surface area contributed by atoms with Crippen LogP contribution in [0, 0.1) is 0 Å². The molecule has 4 heteroatoms. The molecule has 0 saturated heterocycles. The van der Waals surface area contributed by atoms with Crippen LogP contribution >= 0.6 is 0 Å². The molecule has 11 rings (SSSR count). The first-order valence-corrected chi connectivity index (χ1v) is 19.3. The van der Waals surface area contributed by atoms with Crippen molar-refractivity contribution in [3.8, 4) is 39.4 Å². The fraction of sp³-hybridized carbons (Fsp3) is 0. The van der Waals surface area contributed by atoms with Crippen LogP contribution < -0.4 is 4.90 Å². The van der Waals surface area contributed by atoms with Gasteiger partial charge in [-0.15, -0.1) is 0 Å². The summed E-state index contributed by atoms with van der Waals surface area (Å²) in [6.45, 7) is 0. The Kier molecular flexibility index (Phi) is 7.78. The van der Waals surface area contributed by atoms with Crippen molar-refractivity contribution in [2.45, 2.75) is 0 Å². The van der Waals surface area contributed by atoms with Gasteiger partial charge in [-0.3, -0.25) is 0 Å². The second-order valence-corrected chi connectivity index (χ2v) is 14.3. The summed E-state index contributed by atoms with van der Waals surface area (Å²) in [5.41, 5.74) is 13.7. The van der Waals surface area contributed by atoms with E-state index in [1.165, 1.54) is 33.0 Å². The highest BCUT2D eigenvalue weighted by Gasteiger charge is 2.23. The third kappa shape index (κ3) is 5.50. The topological polar surface area (TPSA) is 34.2 Å². The minimum atomic E-state index is 0.613. The molecule has 0 radical (unpaired) electrons. The highest BCUT2D eigenvalue weighted by atomic mass is 16.3. The Bertz CT molecular complexity index is 3210. The Balaban J connectivity index is 1.11. The predicted octanol–water partition coefficient (Wildman–Crippen LogP) is 14.5. The summed E-state index contributed by atoms with van der Waals surface area (Å²) in [6, 6.07) is 75.0. The number of benzene rings is 9. The Morgan fingerprint density at radius 2 is 0.947 bits per heavy atom. The largest absolute Gasteiger partial charge is 0.435 e. The smallest absolute Gasteiger partial charge is 0.227 e. The van der Waals surface area contributed by atoms with E-state index in [4.69, 9.17) is 9.40 Å². The molecule has 0 atom stereocenters. The van der Waals surface area contributed by atoms with E-state index in [1.54, 1.807) is 0 Å². The summed E-state index contributed by atoms with van der Waals surface area (Å²) >= 11 is 0. The summed E-state index contributed by atoms with van der Waals surface area (Å²) < 4.78 is 9.01. The maximum atomic E-state index is 6.66. The molecule has 0 aliphatic rings. The van der Waals surface area contributed by atoms with Gasteiger partial charge in [0.2, 0.25) is 5.89 Å². The van der Waals surface area contributed by atoms with Crippen LogP contribution in [0.15, 0.2) is 217 Å². The van der Waals surface area contributed by atoms with Gasteiger partial charge in [-0.1, -0.05) is 146 Å². The zero-order chi connectivity index (χ0) is 37.7. The van der Waals surface area contributed by atoms with Crippen LogP contribution in [-0.4, -0.2) is 9.55 Å². The van der Waals surface area contributed by atoms with Crippen LogP contribution in [0.5, 0.6) is 0 Å². The SMILES string of the molecule is c1ccc(-c2nc3c(o2)c2ccccc2c2c4ccccc4n(-c4ccc(N(c5ccccc5)c5ccc(-c6ccccc6)c(-c6ccccc6)c5)cc4)c32)cc1. The first-order valence-electron chi connectivity index (χ1n) is 19.3. The van der Waals surface area contributed by atoms with Crippen LogP contribution in [0.25, 0.3) is 83.1 Å². The molecule has 2 aromatic heterocycles. The second-order valence-electron chi connectivity index (χ2n) is 14.3. The molecule has 0 N–H and O–H groups in total. The number of aromatic nitrogens is 2. The summed E-state index contributed by atoms with van der Waals surface area (Å²) in [5.74, 6) is 0.613. The van der Waals surface area contributed by atoms with Crippen molar-refractivity contribution in [2.75, 3.05) is 4.90 Å². The van der Waals surface area contributed by atoms with Gasteiger partial charge in [0.15, 0.2) is 5.58 Å². The van der Waals surface area contributed by atoms with Crippen LogP contribution in [0.1, 0.15) is 0 Å². The Morgan fingerprint density at radius 1 is 0.421 bits per heavy atom. The Morgan fingerprint density at radius 3 is 1.63 bits per heavy atom. The lowest BCUT2D eigenvalue weighted by molar-refractivity contribution is 0.623. The molecule has 0 bridgehead atoms. The molecule has 57 heavy (non-hydrogen) atoms. The molecule has 0 aliphatic heterocycles. The lowest BCUT2D eigenvalue weighted by Gasteiger charge is -2.27. The molecule has 268 valence electrons. The average molecular weight is 730 g/mol. The highest BCUT2D eigenvalue weighted by molar-refractivity contribution is 6.30. The molecule has 0 saturated carbocycles. The maximum Gasteiger partial charge on any atom is 0.227 e. The standard InChI is InChI=1S/C53H35N3O/c1-5-17-36(18-6-1)43-34-33-42(35-47(43)37-19-7-2-8-20-37)55(39-23-11-4-12-24-39)40-29-31-41(32-30-40)56-48-28-16-15-27-46(48)49-44-25-13-14-26-45(44)52-50(51(49)56)54-53(57-52)38-21-9-3-10-22-38/h1-35H. The van der Waals surface area contributed by atoms with Crippen molar-refractivity contribution in [2.24, 2.45) is 0 Å². The Hall–Kier alpha value is -7.69. The number of oxazole rings is 1. The monoisotopic (exact) mass is 729 g/mol. The van der Waals surface area contributed by atoms with E-state index in [2.05, 4.69) is 204 Å². The van der Waals surface area contributed by atoms with Crippen LogP contribution in [-0.2, 0) is 0 Å². The summed E-state index contributed by atoms with van der Waals surface area (Å²) in [7, 11) is 0. The summed E-state index contributed by atoms with van der Waals surface area (Å²) in [4.78, 5) is 7.57. The minimum Gasteiger partial charge on any atom is -0.435 e. The minimum absolute atomic E-state index is 0.613. The van der Waals surface area contributed by atoms with Gasteiger partial charge in [-0.25, -0.2) is 4.98 Å². The first kappa shape index (κ1) is 32.7. The van der Waals surface area contributed by atoms with Gasteiger partial charge in [0.25, 0.3) is 0 Å². The van der Waals surface area contributed by atoms with Crippen LogP contribution in [0.3, 0.4) is 0 Å².